The van der Waals surface area contributed by atoms with Crippen LogP contribution in [0.4, 0.5) is 0 Å². The molecule has 0 heterocycles. The maximum Gasteiger partial charge on any atom is 0.00295 e. The Morgan fingerprint density at radius 2 is 1.27 bits per heavy atom. The summed E-state index contributed by atoms with van der Waals surface area (Å²) in [4.78, 5) is 0. The smallest absolute Gasteiger partial charge is 0.00295 e. The molecule has 3 unspecified atom stereocenters. The predicted molar refractivity (Wildman–Crippen MR) is 90.9 cm³/mol. The Morgan fingerprint density at radius 3 is 1.91 bits per heavy atom. The van der Waals surface area contributed by atoms with Gasteiger partial charge in [-0.1, -0.05) is 60.7 Å². The Labute approximate surface area is 133 Å². The molecule has 0 spiro atoms. The van der Waals surface area contributed by atoms with E-state index >= 15 is 0 Å². The third kappa shape index (κ3) is 1.76. The van der Waals surface area contributed by atoms with E-state index in [-0.39, 0.29) is 0 Å². The van der Waals surface area contributed by atoms with Crippen molar-refractivity contribution >= 4 is 0 Å². The van der Waals surface area contributed by atoms with Gasteiger partial charge >= 0.3 is 0 Å². The molecule has 0 saturated heterocycles. The van der Waals surface area contributed by atoms with E-state index in [9.17, 15) is 0 Å². The third-order valence-electron chi connectivity index (χ3n) is 6.82. The molecule has 0 nitrogen and oxygen atoms in total. The van der Waals surface area contributed by atoms with Crippen LogP contribution in [0.3, 0.4) is 0 Å². The zero-order valence-electron chi connectivity index (χ0n) is 13.1. The summed E-state index contributed by atoms with van der Waals surface area (Å²) in [6.07, 6.45) is 7.30. The van der Waals surface area contributed by atoms with Gasteiger partial charge in [0, 0.05) is 5.41 Å². The lowest BCUT2D eigenvalue weighted by molar-refractivity contribution is -0.0280. The first-order valence-electron chi connectivity index (χ1n) is 8.96. The lowest BCUT2D eigenvalue weighted by Gasteiger charge is -2.62. The first kappa shape index (κ1) is 12.9. The van der Waals surface area contributed by atoms with Gasteiger partial charge in [0.15, 0.2) is 0 Å². The molecule has 4 aliphatic carbocycles. The molecule has 0 amide bonds. The minimum absolute atomic E-state index is 0.414. The van der Waals surface area contributed by atoms with Gasteiger partial charge in [0.1, 0.15) is 0 Å². The lowest BCUT2D eigenvalue weighted by atomic mass is 9.42. The van der Waals surface area contributed by atoms with E-state index in [1.54, 1.807) is 11.1 Å². The predicted octanol–water partition coefficient (Wildman–Crippen LogP) is 5.55. The quantitative estimate of drug-likeness (QED) is 0.680. The monoisotopic (exact) mass is 288 g/mol. The van der Waals surface area contributed by atoms with E-state index in [0.29, 0.717) is 5.41 Å². The summed E-state index contributed by atoms with van der Waals surface area (Å²) in [5.74, 6) is 3.62. The molecule has 4 aliphatic rings. The van der Waals surface area contributed by atoms with Crippen molar-refractivity contribution in [1.29, 1.82) is 0 Å². The molecule has 4 saturated carbocycles. The molecule has 112 valence electrons. The summed E-state index contributed by atoms with van der Waals surface area (Å²) in [6, 6.07) is 22.9. The molecular weight excluding hydrogens is 264 g/mol. The first-order valence-corrected chi connectivity index (χ1v) is 8.96. The van der Waals surface area contributed by atoms with Crippen molar-refractivity contribution in [2.24, 2.45) is 17.8 Å². The minimum atomic E-state index is 0.414. The molecular formula is C22H24. The summed E-state index contributed by atoms with van der Waals surface area (Å²) in [5.41, 5.74) is 3.62. The fraction of sp³-hybridized carbons (Fsp3) is 0.455. The molecule has 0 radical (unpaired) electrons. The highest BCUT2D eigenvalue weighted by Gasteiger charge is 2.57. The Hall–Kier alpha value is -1.56. The van der Waals surface area contributed by atoms with Gasteiger partial charge in [0.25, 0.3) is 0 Å². The molecule has 2 aromatic carbocycles. The third-order valence-corrected chi connectivity index (χ3v) is 6.82. The second-order valence-electron chi connectivity index (χ2n) is 8.02. The highest BCUT2D eigenvalue weighted by atomic mass is 14.6. The fourth-order valence-electron chi connectivity index (χ4n) is 6.48. The van der Waals surface area contributed by atoms with Crippen LogP contribution in [0.2, 0.25) is 0 Å². The molecule has 0 heteroatoms. The largest absolute Gasteiger partial charge is 0.0622 e. The summed E-state index contributed by atoms with van der Waals surface area (Å²) < 4.78 is 0. The van der Waals surface area contributed by atoms with Crippen LogP contribution in [0.5, 0.6) is 0 Å². The van der Waals surface area contributed by atoms with Crippen LogP contribution in [-0.2, 0) is 5.41 Å². The molecule has 4 bridgehead atoms. The van der Waals surface area contributed by atoms with E-state index in [2.05, 4.69) is 60.7 Å². The first-order chi connectivity index (χ1) is 10.9. The molecule has 2 aromatic rings. The van der Waals surface area contributed by atoms with Crippen molar-refractivity contribution in [2.45, 2.75) is 43.4 Å². The summed E-state index contributed by atoms with van der Waals surface area (Å²) in [6.45, 7) is 0. The molecule has 6 rings (SSSR count). The number of benzene rings is 2. The van der Waals surface area contributed by atoms with Gasteiger partial charge in [-0.15, -0.1) is 0 Å². The van der Waals surface area contributed by atoms with E-state index in [1.807, 2.05) is 0 Å². The van der Waals surface area contributed by atoms with Crippen LogP contribution in [-0.4, -0.2) is 0 Å². The SMILES string of the molecule is c1ccc(C2C3CC4CC(C3)CC2(c2ccccc2)C4)cc1. The van der Waals surface area contributed by atoms with Crippen LogP contribution in [0.25, 0.3) is 0 Å². The van der Waals surface area contributed by atoms with Crippen molar-refractivity contribution < 1.29 is 0 Å². The normalized spacial score (nSPS) is 39.1. The van der Waals surface area contributed by atoms with E-state index in [0.717, 1.165) is 23.7 Å². The second-order valence-corrected chi connectivity index (χ2v) is 8.02. The van der Waals surface area contributed by atoms with Gasteiger partial charge in [-0.05, 0) is 66.9 Å². The van der Waals surface area contributed by atoms with Gasteiger partial charge in [-0.25, -0.2) is 0 Å². The number of hydrogen-bond acceptors (Lipinski definition) is 0. The highest BCUT2D eigenvalue weighted by molar-refractivity contribution is 5.38. The van der Waals surface area contributed by atoms with Crippen molar-refractivity contribution in [3.8, 4) is 0 Å². The Bertz CT molecular complexity index is 643. The second kappa shape index (κ2) is 4.72. The van der Waals surface area contributed by atoms with E-state index in [4.69, 9.17) is 0 Å². The topological polar surface area (TPSA) is 0 Å². The Kier molecular flexibility index (Phi) is 2.77. The minimum Gasteiger partial charge on any atom is -0.0622 e. The molecule has 0 N–H and O–H groups in total. The van der Waals surface area contributed by atoms with Crippen LogP contribution in [0.1, 0.15) is 49.1 Å². The van der Waals surface area contributed by atoms with Crippen LogP contribution < -0.4 is 0 Å². The lowest BCUT2D eigenvalue weighted by Crippen LogP contribution is -2.53. The summed E-state index contributed by atoms with van der Waals surface area (Å²) in [7, 11) is 0. The number of rotatable bonds is 2. The molecule has 3 atom stereocenters. The summed E-state index contributed by atoms with van der Waals surface area (Å²) >= 11 is 0. The molecule has 4 fully saturated rings. The Balaban J connectivity index is 1.68. The van der Waals surface area contributed by atoms with Crippen molar-refractivity contribution in [3.63, 3.8) is 0 Å². The molecule has 0 aromatic heterocycles. The zero-order chi connectivity index (χ0) is 14.6. The maximum absolute atomic E-state index is 2.41. The van der Waals surface area contributed by atoms with Gasteiger partial charge < -0.3 is 0 Å². The van der Waals surface area contributed by atoms with Crippen molar-refractivity contribution in [1.82, 2.24) is 0 Å². The van der Waals surface area contributed by atoms with Crippen LogP contribution in [0.15, 0.2) is 60.7 Å². The molecule has 22 heavy (non-hydrogen) atoms. The average molecular weight is 288 g/mol. The van der Waals surface area contributed by atoms with E-state index in [1.165, 1.54) is 32.1 Å². The average Bonchev–Trinajstić information content (AvgIpc) is 2.56. The van der Waals surface area contributed by atoms with Gasteiger partial charge in [0.2, 0.25) is 0 Å². The van der Waals surface area contributed by atoms with Crippen LogP contribution >= 0.6 is 0 Å². The van der Waals surface area contributed by atoms with E-state index < -0.39 is 0 Å². The number of hydrogen-bond donors (Lipinski definition) is 0. The highest BCUT2D eigenvalue weighted by Crippen LogP contribution is 2.66. The van der Waals surface area contributed by atoms with Crippen molar-refractivity contribution in [3.05, 3.63) is 71.8 Å². The van der Waals surface area contributed by atoms with Gasteiger partial charge in [-0.2, -0.15) is 0 Å². The van der Waals surface area contributed by atoms with Crippen molar-refractivity contribution in [2.75, 3.05) is 0 Å². The standard InChI is InChI=1S/C22H24/c1-3-7-18(8-4-1)21-19-12-16-11-17(13-19)15-22(21,14-16)20-9-5-2-6-10-20/h1-10,16-17,19,21H,11-15H2. The zero-order valence-corrected chi connectivity index (χ0v) is 13.1. The van der Waals surface area contributed by atoms with Gasteiger partial charge in [-0.3, -0.25) is 0 Å². The van der Waals surface area contributed by atoms with Crippen LogP contribution in [0, 0.1) is 17.8 Å². The molecule has 0 aliphatic heterocycles. The summed E-state index contributed by atoms with van der Waals surface area (Å²) in [5, 5.41) is 0. The maximum atomic E-state index is 2.41. The van der Waals surface area contributed by atoms with Gasteiger partial charge in [0.05, 0.1) is 0 Å². The fourth-order valence-corrected chi connectivity index (χ4v) is 6.48. The Morgan fingerprint density at radius 1 is 0.682 bits per heavy atom.